The molecule has 0 saturated heterocycles. The molecule has 0 saturated carbocycles. The molecule has 154 valence electrons. The third-order valence-electron chi connectivity index (χ3n) is 4.83. The van der Waals surface area contributed by atoms with Crippen LogP contribution in [0.5, 0.6) is 0 Å². The van der Waals surface area contributed by atoms with Crippen LogP contribution in [0.25, 0.3) is 33.3 Å². The first-order chi connectivity index (χ1) is 15.1. The molecule has 9 heteroatoms. The Balaban J connectivity index is 1.31. The van der Waals surface area contributed by atoms with Crippen LogP contribution in [0.1, 0.15) is 11.8 Å². The van der Waals surface area contributed by atoms with E-state index in [0.29, 0.717) is 15.9 Å². The van der Waals surface area contributed by atoms with Crippen LogP contribution in [0.2, 0.25) is 0 Å². The maximum Gasteiger partial charge on any atom is 0.239 e. The van der Waals surface area contributed by atoms with Crippen molar-refractivity contribution in [3.05, 3.63) is 59.5 Å². The summed E-state index contributed by atoms with van der Waals surface area (Å²) in [6, 6.07) is 17.8. The number of H-pyrrole nitrogens is 1. The molecule has 0 fully saturated rings. The minimum atomic E-state index is -0.409. The molecule has 0 spiro atoms. The van der Waals surface area contributed by atoms with Crippen molar-refractivity contribution in [1.82, 2.24) is 25.1 Å². The Labute approximate surface area is 186 Å². The van der Waals surface area contributed by atoms with E-state index in [2.05, 4.69) is 30.5 Å². The Hall–Kier alpha value is -3.30. The van der Waals surface area contributed by atoms with Crippen molar-refractivity contribution in [3.8, 4) is 11.3 Å². The fraction of sp³-hybridized carbons (Fsp3) is 0.136. The fourth-order valence-electron chi connectivity index (χ4n) is 3.29. The molecule has 0 aliphatic carbocycles. The summed E-state index contributed by atoms with van der Waals surface area (Å²) in [7, 11) is 0. The summed E-state index contributed by atoms with van der Waals surface area (Å²) in [4.78, 5) is 26.2. The van der Waals surface area contributed by atoms with Crippen LogP contribution >= 0.6 is 23.1 Å². The number of aryl methyl sites for hydroxylation is 1. The predicted molar refractivity (Wildman–Crippen MR) is 125 cm³/mol. The highest BCUT2D eigenvalue weighted by Crippen LogP contribution is 2.31. The molecule has 0 aliphatic heterocycles. The minimum absolute atomic E-state index is 0.154. The lowest BCUT2D eigenvalue weighted by atomic mass is 10.1. The van der Waals surface area contributed by atoms with E-state index in [-0.39, 0.29) is 5.91 Å². The van der Waals surface area contributed by atoms with E-state index < -0.39 is 5.25 Å². The van der Waals surface area contributed by atoms with Crippen LogP contribution in [-0.4, -0.2) is 36.3 Å². The quantitative estimate of drug-likeness (QED) is 0.367. The molecule has 7 nitrogen and oxygen atoms in total. The van der Waals surface area contributed by atoms with Crippen LogP contribution in [0.15, 0.2) is 59.8 Å². The first kappa shape index (κ1) is 19.7. The van der Waals surface area contributed by atoms with Crippen LogP contribution in [0.3, 0.4) is 0 Å². The Morgan fingerprint density at radius 1 is 1.06 bits per heavy atom. The van der Waals surface area contributed by atoms with Crippen LogP contribution in [0, 0.1) is 6.92 Å². The van der Waals surface area contributed by atoms with Gasteiger partial charge in [0.15, 0.2) is 10.8 Å². The smallest absolute Gasteiger partial charge is 0.239 e. The number of aromatic amines is 1. The number of rotatable bonds is 5. The molecule has 2 aromatic carbocycles. The molecule has 31 heavy (non-hydrogen) atoms. The second kappa shape index (κ2) is 8.09. The lowest BCUT2D eigenvalue weighted by Crippen LogP contribution is -2.22. The van der Waals surface area contributed by atoms with Crippen molar-refractivity contribution in [2.24, 2.45) is 0 Å². The van der Waals surface area contributed by atoms with Crippen molar-refractivity contribution in [1.29, 1.82) is 0 Å². The van der Waals surface area contributed by atoms with Crippen molar-refractivity contribution >= 4 is 56.2 Å². The molecule has 1 unspecified atom stereocenters. The Morgan fingerprint density at radius 2 is 1.84 bits per heavy atom. The van der Waals surface area contributed by atoms with Crippen molar-refractivity contribution in [2.75, 3.05) is 5.32 Å². The van der Waals surface area contributed by atoms with Gasteiger partial charge < -0.3 is 10.3 Å². The number of para-hydroxylation sites is 1. The number of hydrogen-bond acceptors (Lipinski definition) is 7. The van der Waals surface area contributed by atoms with Crippen molar-refractivity contribution in [2.45, 2.75) is 24.3 Å². The molecule has 0 radical (unpaired) electrons. The lowest BCUT2D eigenvalue weighted by Gasteiger charge is -2.08. The van der Waals surface area contributed by atoms with Gasteiger partial charge in [-0.1, -0.05) is 60.3 Å². The molecule has 3 aromatic heterocycles. The monoisotopic (exact) mass is 446 g/mol. The van der Waals surface area contributed by atoms with E-state index in [1.54, 1.807) is 0 Å². The van der Waals surface area contributed by atoms with Gasteiger partial charge in [-0.15, -0.1) is 21.5 Å². The highest BCUT2D eigenvalue weighted by atomic mass is 32.2. The number of nitrogens with one attached hydrogen (secondary N) is 2. The van der Waals surface area contributed by atoms with Gasteiger partial charge >= 0.3 is 0 Å². The molecule has 0 aliphatic rings. The van der Waals surface area contributed by atoms with E-state index in [0.717, 1.165) is 32.6 Å². The number of aromatic nitrogens is 5. The van der Waals surface area contributed by atoms with Gasteiger partial charge in [0.1, 0.15) is 5.52 Å². The summed E-state index contributed by atoms with van der Waals surface area (Å²) in [5.74, 6) is -0.154. The van der Waals surface area contributed by atoms with Crippen LogP contribution in [-0.2, 0) is 4.79 Å². The second-order valence-electron chi connectivity index (χ2n) is 7.00. The van der Waals surface area contributed by atoms with Crippen molar-refractivity contribution < 1.29 is 4.79 Å². The zero-order valence-corrected chi connectivity index (χ0v) is 18.4. The summed E-state index contributed by atoms with van der Waals surface area (Å²) < 4.78 is 0. The maximum absolute atomic E-state index is 12.7. The number of carbonyl (C=O) groups excluding carboxylic acids is 1. The summed E-state index contributed by atoms with van der Waals surface area (Å²) in [6.45, 7) is 3.82. The van der Waals surface area contributed by atoms with E-state index >= 15 is 0 Å². The standard InChI is InChI=1S/C22H18N6OS2/c1-12-17(14-8-4-3-5-9-14)24-21(30-12)26-20(29)13(2)31-22-25-19-18(27-28-22)15-10-6-7-11-16(15)23-19/h3-11,13H,1-2H3,(H,23,25,28)(H,24,26,29). The number of thiazole rings is 1. The third kappa shape index (κ3) is 3.89. The summed E-state index contributed by atoms with van der Waals surface area (Å²) in [6.07, 6.45) is 0. The average molecular weight is 447 g/mol. The first-order valence-corrected chi connectivity index (χ1v) is 11.4. The SMILES string of the molecule is Cc1sc(NC(=O)C(C)Sc2nnc3c(n2)[nH]c2ccccc23)nc1-c1ccccc1. The summed E-state index contributed by atoms with van der Waals surface area (Å²) in [5, 5.41) is 13.0. The molecule has 0 bridgehead atoms. The second-order valence-corrected chi connectivity index (χ2v) is 9.51. The summed E-state index contributed by atoms with van der Waals surface area (Å²) >= 11 is 2.73. The van der Waals surface area contributed by atoms with Gasteiger partial charge in [0, 0.05) is 21.3 Å². The van der Waals surface area contributed by atoms with E-state index in [9.17, 15) is 4.79 Å². The molecule has 5 aromatic rings. The van der Waals surface area contributed by atoms with Crippen LogP contribution < -0.4 is 5.32 Å². The van der Waals surface area contributed by atoms with Gasteiger partial charge in [-0.3, -0.25) is 4.79 Å². The van der Waals surface area contributed by atoms with Gasteiger partial charge in [0.05, 0.1) is 10.9 Å². The normalized spacial score (nSPS) is 12.3. The Kier molecular flexibility index (Phi) is 5.13. The van der Waals surface area contributed by atoms with E-state index in [4.69, 9.17) is 0 Å². The summed E-state index contributed by atoms with van der Waals surface area (Å²) in [5.41, 5.74) is 4.27. The Bertz CT molecular complexity index is 1400. The number of hydrogen-bond donors (Lipinski definition) is 2. The van der Waals surface area contributed by atoms with E-state index in [1.807, 2.05) is 68.4 Å². The third-order valence-corrected chi connectivity index (χ3v) is 6.67. The van der Waals surface area contributed by atoms with Gasteiger partial charge in [0.2, 0.25) is 11.1 Å². The Morgan fingerprint density at radius 3 is 2.68 bits per heavy atom. The maximum atomic E-state index is 12.7. The molecular weight excluding hydrogens is 428 g/mol. The molecule has 5 rings (SSSR count). The number of benzene rings is 2. The molecule has 2 N–H and O–H groups in total. The molecule has 1 atom stereocenters. The minimum Gasteiger partial charge on any atom is -0.338 e. The zero-order valence-electron chi connectivity index (χ0n) is 16.8. The largest absolute Gasteiger partial charge is 0.338 e. The highest BCUT2D eigenvalue weighted by molar-refractivity contribution is 8.00. The number of anilines is 1. The number of amides is 1. The topological polar surface area (TPSA) is 96.5 Å². The number of carbonyl (C=O) groups is 1. The molecular formula is C22H18N6OS2. The predicted octanol–water partition coefficient (Wildman–Crippen LogP) is 5.06. The van der Waals surface area contributed by atoms with Gasteiger partial charge in [-0.2, -0.15) is 0 Å². The van der Waals surface area contributed by atoms with Crippen molar-refractivity contribution in [3.63, 3.8) is 0 Å². The average Bonchev–Trinajstić information content (AvgIpc) is 3.33. The fourth-order valence-corrected chi connectivity index (χ4v) is 4.84. The highest BCUT2D eigenvalue weighted by Gasteiger charge is 2.20. The number of nitrogens with zero attached hydrogens (tertiary/aromatic N) is 4. The number of fused-ring (bicyclic) bond motifs is 3. The van der Waals surface area contributed by atoms with Gasteiger partial charge in [-0.05, 0) is 19.9 Å². The zero-order chi connectivity index (χ0) is 21.4. The molecule has 1 amide bonds. The van der Waals surface area contributed by atoms with Gasteiger partial charge in [0.25, 0.3) is 0 Å². The first-order valence-electron chi connectivity index (χ1n) is 9.70. The lowest BCUT2D eigenvalue weighted by molar-refractivity contribution is -0.115. The molecule has 3 heterocycles. The van der Waals surface area contributed by atoms with E-state index in [1.165, 1.54) is 23.1 Å². The number of thioether (sulfide) groups is 1. The van der Waals surface area contributed by atoms with Crippen LogP contribution in [0.4, 0.5) is 5.13 Å². The van der Waals surface area contributed by atoms with Gasteiger partial charge in [-0.25, -0.2) is 9.97 Å².